The van der Waals surface area contributed by atoms with Gasteiger partial charge in [0.05, 0.1) is 11.1 Å². The van der Waals surface area contributed by atoms with Crippen LogP contribution >= 0.6 is 0 Å². The molecule has 1 aliphatic rings. The predicted octanol–water partition coefficient (Wildman–Crippen LogP) is 4.98. The van der Waals surface area contributed by atoms with E-state index in [0.29, 0.717) is 11.1 Å². The molecule has 0 fully saturated rings. The van der Waals surface area contributed by atoms with Crippen molar-refractivity contribution in [2.24, 2.45) is 0 Å². The van der Waals surface area contributed by atoms with E-state index in [1.807, 2.05) is 30.3 Å². The zero-order valence-electron chi connectivity index (χ0n) is 19.0. The molecule has 0 N–H and O–H groups in total. The van der Waals surface area contributed by atoms with Crippen molar-refractivity contribution in [2.45, 2.75) is 51.4 Å². The topological polar surface area (TPSA) is 65.1 Å². The number of hydrogen-bond donors (Lipinski definition) is 0. The largest absolute Gasteiger partial charge is 0.285 e. The second-order valence-electron chi connectivity index (χ2n) is 7.98. The number of carbonyl (C=O) groups excluding carboxylic acids is 2. The fourth-order valence-electron chi connectivity index (χ4n) is 3.39. The van der Waals surface area contributed by atoms with E-state index in [0.717, 1.165) is 28.8 Å². The maximum Gasteiger partial charge on any atom is 0.285 e. The minimum Gasteiger partial charge on any atom is -0.285 e. The summed E-state index contributed by atoms with van der Waals surface area (Å²) in [5.74, 6) is 5.17. The van der Waals surface area contributed by atoms with Crippen molar-refractivity contribution in [2.75, 3.05) is 6.61 Å². The highest BCUT2D eigenvalue weighted by atomic mass is 28.4. The molecule has 1 atom stereocenters. The van der Waals surface area contributed by atoms with E-state index >= 15 is 0 Å². The van der Waals surface area contributed by atoms with Crippen molar-refractivity contribution in [3.8, 4) is 11.8 Å². The Kier molecular flexibility index (Phi) is 7.64. The summed E-state index contributed by atoms with van der Waals surface area (Å²) in [7, 11) is -2.07. The number of benzene rings is 2. The lowest BCUT2D eigenvalue weighted by atomic mass is 10.1. The maximum atomic E-state index is 12.6. The van der Waals surface area contributed by atoms with Gasteiger partial charge in [-0.05, 0) is 49.3 Å². The predicted molar refractivity (Wildman–Crippen MR) is 124 cm³/mol. The van der Waals surface area contributed by atoms with Gasteiger partial charge in [-0.1, -0.05) is 62.9 Å². The van der Waals surface area contributed by atoms with Crippen LogP contribution < -0.4 is 0 Å². The number of carbonyl (C=O) groups is 2. The second kappa shape index (κ2) is 10.2. The molecule has 168 valence electrons. The molecule has 2 aromatic carbocycles. The lowest BCUT2D eigenvalue weighted by Gasteiger charge is -2.32. The van der Waals surface area contributed by atoms with Gasteiger partial charge in [0, 0.05) is 5.56 Å². The standard InChI is InChI=1S/C25H29NO5Si/c1-5-32(6-2,7-3)31-30-25(4,18-17-20-13-9-8-10-14-20)19-29-26-23(27)21-15-11-12-16-22(21)24(26)28/h8-16H,5-7,19H2,1-4H3. The summed E-state index contributed by atoms with van der Waals surface area (Å²) in [6.45, 7) is 7.89. The molecule has 2 aromatic rings. The number of imide groups is 1. The van der Waals surface area contributed by atoms with Crippen molar-refractivity contribution in [3.63, 3.8) is 0 Å². The number of amides is 2. The smallest absolute Gasteiger partial charge is 0.285 e. The molecule has 1 aliphatic heterocycles. The Morgan fingerprint density at radius 1 is 0.875 bits per heavy atom. The van der Waals surface area contributed by atoms with Crippen LogP contribution in [0.5, 0.6) is 0 Å². The Morgan fingerprint density at radius 3 is 1.94 bits per heavy atom. The number of hydrogen-bond acceptors (Lipinski definition) is 5. The van der Waals surface area contributed by atoms with Crippen LogP contribution in [0.15, 0.2) is 54.6 Å². The normalized spacial score (nSPS) is 15.2. The van der Waals surface area contributed by atoms with Crippen LogP contribution in [0.4, 0.5) is 0 Å². The minimum atomic E-state index is -2.07. The molecule has 0 spiro atoms. The van der Waals surface area contributed by atoms with Crippen molar-refractivity contribution >= 4 is 20.1 Å². The van der Waals surface area contributed by atoms with Crippen LogP contribution in [0.3, 0.4) is 0 Å². The van der Waals surface area contributed by atoms with E-state index in [1.165, 1.54) is 0 Å². The van der Waals surface area contributed by atoms with E-state index < -0.39 is 25.7 Å². The van der Waals surface area contributed by atoms with Crippen molar-refractivity contribution in [1.29, 1.82) is 0 Å². The van der Waals surface area contributed by atoms with E-state index in [2.05, 4.69) is 32.6 Å². The summed E-state index contributed by atoms with van der Waals surface area (Å²) in [5, 5.41) is 0.778. The zero-order valence-corrected chi connectivity index (χ0v) is 20.0. The average Bonchev–Trinajstić information content (AvgIpc) is 3.08. The highest BCUT2D eigenvalue weighted by Crippen LogP contribution is 2.27. The molecular weight excluding hydrogens is 422 g/mol. The molecule has 6 nitrogen and oxygen atoms in total. The van der Waals surface area contributed by atoms with Crippen LogP contribution in [0.2, 0.25) is 18.1 Å². The van der Waals surface area contributed by atoms with Crippen molar-refractivity contribution in [3.05, 3.63) is 71.3 Å². The van der Waals surface area contributed by atoms with E-state index in [-0.39, 0.29) is 6.61 Å². The van der Waals surface area contributed by atoms with Crippen LogP contribution in [0.1, 0.15) is 54.0 Å². The second-order valence-corrected chi connectivity index (χ2v) is 12.6. The summed E-state index contributed by atoms with van der Waals surface area (Å²) >= 11 is 0. The third kappa shape index (κ3) is 5.17. The summed E-state index contributed by atoms with van der Waals surface area (Å²) in [5.41, 5.74) is 0.262. The van der Waals surface area contributed by atoms with Gasteiger partial charge in [0.1, 0.15) is 6.61 Å². The van der Waals surface area contributed by atoms with Crippen LogP contribution in [0, 0.1) is 11.8 Å². The minimum absolute atomic E-state index is 0.153. The van der Waals surface area contributed by atoms with Gasteiger partial charge in [0.2, 0.25) is 8.32 Å². The SMILES string of the molecule is CC[Si](CC)(CC)OOC(C)(C#Cc1ccccc1)CON1C(=O)c2ccccc2C1=O. The lowest BCUT2D eigenvalue weighted by molar-refractivity contribution is -0.298. The number of hydroxylamine groups is 2. The van der Waals surface area contributed by atoms with Gasteiger partial charge in [-0.3, -0.25) is 19.0 Å². The molecule has 32 heavy (non-hydrogen) atoms. The summed E-state index contributed by atoms with van der Waals surface area (Å²) < 4.78 is 6.03. The highest BCUT2D eigenvalue weighted by Gasteiger charge is 2.40. The average molecular weight is 452 g/mol. The summed E-state index contributed by atoms with van der Waals surface area (Å²) in [6.07, 6.45) is 0. The van der Waals surface area contributed by atoms with Gasteiger partial charge < -0.3 is 0 Å². The first kappa shape index (κ1) is 23.9. The van der Waals surface area contributed by atoms with E-state index in [4.69, 9.17) is 14.3 Å². The monoisotopic (exact) mass is 451 g/mol. The number of rotatable bonds is 9. The first-order valence-electron chi connectivity index (χ1n) is 10.9. The molecule has 1 unspecified atom stereocenters. The van der Waals surface area contributed by atoms with Crippen molar-refractivity contribution in [1.82, 2.24) is 5.06 Å². The maximum absolute atomic E-state index is 12.6. The number of nitrogens with zero attached hydrogens (tertiary/aromatic N) is 1. The number of fused-ring (bicyclic) bond motifs is 1. The molecule has 1 heterocycles. The zero-order chi connectivity index (χ0) is 23.2. The molecule has 0 aliphatic carbocycles. The molecule has 0 saturated heterocycles. The van der Waals surface area contributed by atoms with E-state index in [9.17, 15) is 9.59 Å². The molecular formula is C25H29NO5Si. The summed E-state index contributed by atoms with van der Waals surface area (Å²) in [4.78, 5) is 36.9. The van der Waals surface area contributed by atoms with E-state index in [1.54, 1.807) is 31.2 Å². The molecule has 2 amide bonds. The Labute approximate surface area is 190 Å². The molecule has 7 heteroatoms. The van der Waals surface area contributed by atoms with Gasteiger partial charge in [-0.15, -0.1) is 5.06 Å². The highest BCUT2D eigenvalue weighted by molar-refractivity contribution is 6.73. The first-order chi connectivity index (χ1) is 15.4. The fraction of sp³-hybridized carbons (Fsp3) is 0.360. The molecule has 0 bridgehead atoms. The lowest BCUT2D eigenvalue weighted by Crippen LogP contribution is -2.44. The van der Waals surface area contributed by atoms with Gasteiger partial charge in [-0.25, -0.2) is 4.89 Å². The Balaban J connectivity index is 1.80. The van der Waals surface area contributed by atoms with Crippen LogP contribution in [-0.4, -0.2) is 37.4 Å². The van der Waals surface area contributed by atoms with Gasteiger partial charge in [0.15, 0.2) is 5.60 Å². The Hall–Kier alpha value is -2.76. The van der Waals surface area contributed by atoms with Crippen LogP contribution in [-0.2, 0) is 14.3 Å². The molecule has 0 saturated carbocycles. The van der Waals surface area contributed by atoms with Crippen molar-refractivity contribution < 1.29 is 23.9 Å². The quantitative estimate of drug-likeness (QED) is 0.177. The summed E-state index contributed by atoms with van der Waals surface area (Å²) in [6, 6.07) is 18.9. The third-order valence-corrected chi connectivity index (χ3v) is 10.1. The molecule has 0 aromatic heterocycles. The van der Waals surface area contributed by atoms with Gasteiger partial charge >= 0.3 is 0 Å². The van der Waals surface area contributed by atoms with Gasteiger partial charge in [0.25, 0.3) is 11.8 Å². The molecule has 3 rings (SSSR count). The first-order valence-corrected chi connectivity index (χ1v) is 13.5. The fourth-order valence-corrected chi connectivity index (χ4v) is 5.60. The Morgan fingerprint density at radius 2 is 1.41 bits per heavy atom. The van der Waals surface area contributed by atoms with Gasteiger partial charge in [-0.2, -0.15) is 0 Å². The Bertz CT molecular complexity index is 982. The third-order valence-electron chi connectivity index (χ3n) is 5.81. The van der Waals surface area contributed by atoms with Crippen LogP contribution in [0.25, 0.3) is 0 Å². The molecule has 0 radical (unpaired) electrons.